The second-order valence-electron chi connectivity index (χ2n) is 7.74. The predicted octanol–water partition coefficient (Wildman–Crippen LogP) is 4.15. The number of halogens is 1. The van der Waals surface area contributed by atoms with E-state index in [1.165, 1.54) is 11.0 Å². The second-order valence-corrected chi connectivity index (χ2v) is 7.74. The van der Waals surface area contributed by atoms with Gasteiger partial charge >= 0.3 is 0 Å². The highest BCUT2D eigenvalue weighted by atomic mass is 19.1. The molecule has 0 spiro atoms. The van der Waals surface area contributed by atoms with Crippen molar-refractivity contribution in [2.24, 2.45) is 0 Å². The number of methoxy groups -OCH3 is 1. The van der Waals surface area contributed by atoms with E-state index in [-0.39, 0.29) is 24.8 Å². The minimum absolute atomic E-state index is 0.00367. The fraction of sp³-hybridized carbons (Fsp3) is 0.259. The Hall–Kier alpha value is -3.67. The van der Waals surface area contributed by atoms with Gasteiger partial charge in [-0.25, -0.2) is 4.39 Å². The van der Waals surface area contributed by atoms with Gasteiger partial charge in [-0.15, -0.1) is 0 Å². The molecule has 33 heavy (non-hydrogen) atoms. The molecule has 2 amide bonds. The molecule has 0 aromatic heterocycles. The first-order valence-electron chi connectivity index (χ1n) is 11.0. The second kappa shape index (κ2) is 11.8. The maximum Gasteiger partial charge on any atom is 0.243 e. The zero-order chi connectivity index (χ0) is 23.6. The van der Waals surface area contributed by atoms with Gasteiger partial charge in [0.25, 0.3) is 0 Å². The number of rotatable bonds is 10. The van der Waals surface area contributed by atoms with Crippen LogP contribution in [-0.2, 0) is 29.0 Å². The summed E-state index contributed by atoms with van der Waals surface area (Å²) in [5, 5.41) is 2.84. The highest BCUT2D eigenvalue weighted by Gasteiger charge is 2.30. The molecule has 1 N–H and O–H groups in total. The topological polar surface area (TPSA) is 58.6 Å². The van der Waals surface area contributed by atoms with E-state index < -0.39 is 11.9 Å². The van der Waals surface area contributed by atoms with Crippen LogP contribution in [0.1, 0.15) is 23.6 Å². The van der Waals surface area contributed by atoms with Crippen LogP contribution in [0.3, 0.4) is 0 Å². The van der Waals surface area contributed by atoms with Gasteiger partial charge in [0.2, 0.25) is 11.8 Å². The normalized spacial score (nSPS) is 11.5. The van der Waals surface area contributed by atoms with Gasteiger partial charge in [0, 0.05) is 25.1 Å². The Kier molecular flexibility index (Phi) is 8.58. The fourth-order valence-electron chi connectivity index (χ4n) is 3.68. The van der Waals surface area contributed by atoms with E-state index in [0.717, 1.165) is 11.1 Å². The number of likely N-dealkylation sites (N-methyl/N-ethyl adjacent to an activating group) is 1. The summed E-state index contributed by atoms with van der Waals surface area (Å²) in [4.78, 5) is 28.1. The zero-order valence-corrected chi connectivity index (χ0v) is 19.0. The predicted molar refractivity (Wildman–Crippen MR) is 126 cm³/mol. The lowest BCUT2D eigenvalue weighted by Crippen LogP contribution is -2.51. The summed E-state index contributed by atoms with van der Waals surface area (Å²) in [5.74, 6) is -0.232. The first-order valence-corrected chi connectivity index (χ1v) is 11.0. The summed E-state index contributed by atoms with van der Waals surface area (Å²) in [6.07, 6.45) is 0.415. The number of benzene rings is 3. The molecule has 5 nitrogen and oxygen atoms in total. The third-order valence-electron chi connectivity index (χ3n) is 5.44. The zero-order valence-electron chi connectivity index (χ0n) is 19.0. The molecule has 3 rings (SSSR count). The van der Waals surface area contributed by atoms with Crippen LogP contribution in [0.15, 0.2) is 78.9 Å². The molecule has 0 aliphatic carbocycles. The number of hydrogen-bond donors (Lipinski definition) is 1. The third kappa shape index (κ3) is 6.65. The van der Waals surface area contributed by atoms with Crippen LogP contribution in [-0.4, -0.2) is 36.4 Å². The standard InChI is InChI=1S/C27H29FN2O3/c1-3-29-27(32)25(17-20-9-5-4-6-10-20)30(19-22-11-7-8-12-24(22)28)26(31)18-21-13-15-23(33-2)16-14-21/h4-16,25H,3,17-19H2,1-2H3,(H,29,32)/t25-/m0/s1. The van der Waals surface area contributed by atoms with Crippen molar-refractivity contribution in [1.29, 1.82) is 0 Å². The number of nitrogens with one attached hydrogen (secondary N) is 1. The summed E-state index contributed by atoms with van der Waals surface area (Å²) in [7, 11) is 1.58. The fourth-order valence-corrected chi connectivity index (χ4v) is 3.68. The Morgan fingerprint density at radius 3 is 2.24 bits per heavy atom. The third-order valence-corrected chi connectivity index (χ3v) is 5.44. The van der Waals surface area contributed by atoms with Crippen molar-refractivity contribution in [3.05, 3.63) is 101 Å². The van der Waals surface area contributed by atoms with Crippen molar-refractivity contribution in [2.75, 3.05) is 13.7 Å². The van der Waals surface area contributed by atoms with Gasteiger partial charge in [-0.05, 0) is 36.2 Å². The Morgan fingerprint density at radius 2 is 1.61 bits per heavy atom. The van der Waals surface area contributed by atoms with Crippen molar-refractivity contribution in [3.63, 3.8) is 0 Å². The molecule has 0 aliphatic heterocycles. The van der Waals surface area contributed by atoms with E-state index >= 15 is 0 Å². The molecule has 0 heterocycles. The Labute approximate surface area is 194 Å². The van der Waals surface area contributed by atoms with Crippen LogP contribution >= 0.6 is 0 Å². The largest absolute Gasteiger partial charge is 0.497 e. The molecule has 172 valence electrons. The smallest absolute Gasteiger partial charge is 0.243 e. The van der Waals surface area contributed by atoms with E-state index in [0.29, 0.717) is 24.3 Å². The lowest BCUT2D eigenvalue weighted by molar-refractivity contribution is -0.140. The minimum Gasteiger partial charge on any atom is -0.497 e. The number of ether oxygens (including phenoxy) is 1. The van der Waals surface area contributed by atoms with Gasteiger partial charge in [0.15, 0.2) is 0 Å². The van der Waals surface area contributed by atoms with Crippen LogP contribution < -0.4 is 10.1 Å². The number of nitrogens with zero attached hydrogens (tertiary/aromatic N) is 1. The molecule has 6 heteroatoms. The molecule has 3 aromatic carbocycles. The SMILES string of the molecule is CCNC(=O)[C@H](Cc1ccccc1)N(Cc1ccccc1F)C(=O)Cc1ccc(OC)cc1. The molecular formula is C27H29FN2O3. The van der Waals surface area contributed by atoms with E-state index in [9.17, 15) is 14.0 Å². The molecule has 0 aliphatic rings. The van der Waals surface area contributed by atoms with Crippen molar-refractivity contribution < 1.29 is 18.7 Å². The van der Waals surface area contributed by atoms with Gasteiger partial charge < -0.3 is 15.0 Å². The van der Waals surface area contributed by atoms with E-state index in [4.69, 9.17) is 4.74 Å². The highest BCUT2D eigenvalue weighted by Crippen LogP contribution is 2.19. The quantitative estimate of drug-likeness (QED) is 0.507. The lowest BCUT2D eigenvalue weighted by Gasteiger charge is -2.31. The molecule has 0 saturated carbocycles. The van der Waals surface area contributed by atoms with E-state index in [2.05, 4.69) is 5.32 Å². The maximum absolute atomic E-state index is 14.5. The van der Waals surface area contributed by atoms with Gasteiger partial charge in [-0.2, -0.15) is 0 Å². The molecule has 3 aromatic rings. The van der Waals surface area contributed by atoms with E-state index in [1.807, 2.05) is 49.4 Å². The van der Waals surface area contributed by atoms with Crippen LogP contribution in [0.25, 0.3) is 0 Å². The molecule has 0 unspecified atom stereocenters. The summed E-state index contributed by atoms with van der Waals surface area (Å²) in [6.45, 7) is 2.26. The van der Waals surface area contributed by atoms with Gasteiger partial charge in [0.1, 0.15) is 17.6 Å². The van der Waals surface area contributed by atoms with E-state index in [1.54, 1.807) is 37.4 Å². The average molecular weight is 449 g/mol. The highest BCUT2D eigenvalue weighted by molar-refractivity contribution is 5.88. The summed E-state index contributed by atoms with van der Waals surface area (Å²) in [6, 6.07) is 22.3. The molecule has 0 bridgehead atoms. The van der Waals surface area contributed by atoms with Crippen molar-refractivity contribution in [3.8, 4) is 5.75 Å². The maximum atomic E-state index is 14.5. The first-order chi connectivity index (χ1) is 16.0. The lowest BCUT2D eigenvalue weighted by atomic mass is 10.0. The molecule has 1 atom stereocenters. The molecular weight excluding hydrogens is 419 g/mol. The Bertz CT molecular complexity index is 1050. The van der Waals surface area contributed by atoms with Crippen molar-refractivity contribution in [1.82, 2.24) is 10.2 Å². The van der Waals surface area contributed by atoms with Gasteiger partial charge in [-0.1, -0.05) is 60.7 Å². The number of carbonyl (C=O) groups is 2. The molecule has 0 saturated heterocycles. The van der Waals surface area contributed by atoms with Gasteiger partial charge in [0.05, 0.1) is 13.5 Å². The Morgan fingerprint density at radius 1 is 0.939 bits per heavy atom. The summed E-state index contributed by atoms with van der Waals surface area (Å²) in [5.41, 5.74) is 2.07. The van der Waals surface area contributed by atoms with Crippen molar-refractivity contribution >= 4 is 11.8 Å². The number of carbonyl (C=O) groups excluding carboxylic acids is 2. The van der Waals surface area contributed by atoms with Crippen LogP contribution in [0, 0.1) is 5.82 Å². The van der Waals surface area contributed by atoms with Crippen LogP contribution in [0.2, 0.25) is 0 Å². The minimum atomic E-state index is -0.780. The summed E-state index contributed by atoms with van der Waals surface area (Å²) < 4.78 is 19.7. The molecule has 0 radical (unpaired) electrons. The summed E-state index contributed by atoms with van der Waals surface area (Å²) >= 11 is 0. The van der Waals surface area contributed by atoms with Gasteiger partial charge in [-0.3, -0.25) is 9.59 Å². The first kappa shape index (κ1) is 24.0. The Balaban J connectivity index is 1.94. The van der Waals surface area contributed by atoms with Crippen LogP contribution in [0.5, 0.6) is 5.75 Å². The number of hydrogen-bond acceptors (Lipinski definition) is 3. The van der Waals surface area contributed by atoms with Crippen molar-refractivity contribution in [2.45, 2.75) is 32.4 Å². The van der Waals surface area contributed by atoms with Crippen LogP contribution in [0.4, 0.5) is 4.39 Å². The average Bonchev–Trinajstić information content (AvgIpc) is 2.83. The molecule has 0 fully saturated rings. The number of amides is 2. The monoisotopic (exact) mass is 448 g/mol.